The van der Waals surface area contributed by atoms with Gasteiger partial charge < -0.3 is 0 Å². The van der Waals surface area contributed by atoms with Gasteiger partial charge in [-0.05, 0) is 18.2 Å². The number of nitrogens with zero attached hydrogens (tertiary/aromatic N) is 4. The van der Waals surface area contributed by atoms with Crippen molar-refractivity contribution in [1.29, 1.82) is 5.26 Å². The molecule has 0 spiro atoms. The molecule has 0 saturated carbocycles. The third kappa shape index (κ3) is 1.90. The van der Waals surface area contributed by atoms with Gasteiger partial charge in [0.1, 0.15) is 6.07 Å². The molecule has 2 aromatic rings. The Morgan fingerprint density at radius 2 is 2.11 bits per heavy atom. The minimum atomic E-state index is -3.74. The third-order valence-corrected chi connectivity index (χ3v) is 4.53. The molecule has 0 bridgehead atoms. The highest BCUT2D eigenvalue weighted by atomic mass is 79.9. The van der Waals surface area contributed by atoms with Crippen molar-refractivity contribution >= 4 is 37.0 Å². The number of rotatable bonds is 2. The predicted molar refractivity (Wildman–Crippen MR) is 70.2 cm³/mol. The minimum absolute atomic E-state index is 0.0860. The summed E-state index contributed by atoms with van der Waals surface area (Å²) < 4.78 is 26.8. The maximum atomic E-state index is 12.1. The van der Waals surface area contributed by atoms with Gasteiger partial charge in [-0.15, -0.1) is 9.19 Å². The van der Waals surface area contributed by atoms with E-state index in [1.54, 1.807) is 18.2 Å². The molecule has 2 rings (SSSR count). The van der Waals surface area contributed by atoms with Gasteiger partial charge >= 0.3 is 10.2 Å². The van der Waals surface area contributed by atoms with E-state index < -0.39 is 10.2 Å². The van der Waals surface area contributed by atoms with Gasteiger partial charge in [-0.25, -0.2) is 0 Å². The summed E-state index contributed by atoms with van der Waals surface area (Å²) >= 11 is 3.27. The molecule has 6 nitrogen and oxygen atoms in total. The van der Waals surface area contributed by atoms with E-state index in [1.807, 2.05) is 6.07 Å². The summed E-state index contributed by atoms with van der Waals surface area (Å²) in [6.07, 6.45) is 0. The van der Waals surface area contributed by atoms with E-state index in [9.17, 15) is 8.42 Å². The monoisotopic (exact) mass is 328 g/mol. The molecular formula is C10H9BrN4O2S. The Kier molecular flexibility index (Phi) is 3.14. The van der Waals surface area contributed by atoms with Gasteiger partial charge in [-0.2, -0.15) is 18.0 Å². The first-order valence-electron chi connectivity index (χ1n) is 4.89. The van der Waals surface area contributed by atoms with Crippen LogP contribution < -0.4 is 0 Å². The maximum Gasteiger partial charge on any atom is 0.323 e. The van der Waals surface area contributed by atoms with E-state index in [2.05, 4.69) is 21.0 Å². The second-order valence-corrected chi connectivity index (χ2v) is 6.64. The van der Waals surface area contributed by atoms with E-state index in [4.69, 9.17) is 5.26 Å². The van der Waals surface area contributed by atoms with Crippen molar-refractivity contribution in [1.82, 2.24) is 13.5 Å². The van der Waals surface area contributed by atoms with E-state index in [-0.39, 0.29) is 5.69 Å². The SMILES string of the molecule is CN(C)S(=O)(=O)n1nc(C#N)c2ccc(Br)cc21. The molecule has 0 aliphatic rings. The molecule has 1 heterocycles. The van der Waals surface area contributed by atoms with Gasteiger partial charge in [-0.3, -0.25) is 0 Å². The van der Waals surface area contributed by atoms with Crippen LogP contribution in [0, 0.1) is 11.3 Å². The van der Waals surface area contributed by atoms with Gasteiger partial charge in [0, 0.05) is 24.0 Å². The number of benzene rings is 1. The number of hydrogen-bond acceptors (Lipinski definition) is 4. The molecule has 94 valence electrons. The largest absolute Gasteiger partial charge is 0.323 e. The quantitative estimate of drug-likeness (QED) is 0.832. The van der Waals surface area contributed by atoms with Crippen LogP contribution in [0.5, 0.6) is 0 Å². The molecule has 18 heavy (non-hydrogen) atoms. The summed E-state index contributed by atoms with van der Waals surface area (Å²) in [6.45, 7) is 0. The molecule has 0 aliphatic carbocycles. The topological polar surface area (TPSA) is 79.0 Å². The van der Waals surface area contributed by atoms with Crippen molar-refractivity contribution in [2.75, 3.05) is 14.1 Å². The van der Waals surface area contributed by atoms with Gasteiger partial charge in [-0.1, -0.05) is 15.9 Å². The predicted octanol–water partition coefficient (Wildman–Crippen LogP) is 1.32. The highest BCUT2D eigenvalue weighted by Gasteiger charge is 2.22. The second-order valence-electron chi connectivity index (χ2n) is 3.76. The van der Waals surface area contributed by atoms with Gasteiger partial charge in [0.25, 0.3) is 0 Å². The lowest BCUT2D eigenvalue weighted by Crippen LogP contribution is -2.29. The summed E-state index contributed by atoms with van der Waals surface area (Å²) in [4.78, 5) is 0. The van der Waals surface area contributed by atoms with Crippen molar-refractivity contribution in [2.24, 2.45) is 0 Å². The molecule has 8 heteroatoms. The van der Waals surface area contributed by atoms with E-state index >= 15 is 0 Å². The van der Waals surface area contributed by atoms with Crippen molar-refractivity contribution in [2.45, 2.75) is 0 Å². The fraction of sp³-hybridized carbons (Fsp3) is 0.200. The van der Waals surface area contributed by atoms with E-state index in [0.717, 1.165) is 12.9 Å². The lowest BCUT2D eigenvalue weighted by atomic mass is 10.2. The average molecular weight is 329 g/mol. The summed E-state index contributed by atoms with van der Waals surface area (Å²) in [5.41, 5.74) is 0.456. The standard InChI is InChI=1S/C10H9BrN4O2S/c1-14(2)18(16,17)15-10-5-7(11)3-4-8(10)9(6-12)13-15/h3-5H,1-2H3. The number of nitriles is 1. The lowest BCUT2D eigenvalue weighted by Gasteiger charge is -2.11. The zero-order valence-corrected chi connectivity index (χ0v) is 12.0. The number of fused-ring (bicyclic) bond motifs is 1. The van der Waals surface area contributed by atoms with Crippen molar-refractivity contribution < 1.29 is 8.42 Å². The minimum Gasteiger partial charge on any atom is -0.191 e. The first kappa shape index (κ1) is 13.0. The Bertz CT molecular complexity index is 758. The molecule has 0 fully saturated rings. The molecule has 1 aromatic carbocycles. The molecule has 0 atom stereocenters. The Labute approximate surface area is 113 Å². The van der Waals surface area contributed by atoms with Gasteiger partial charge in [0.15, 0.2) is 5.69 Å². The Hall–Kier alpha value is -1.43. The summed E-state index contributed by atoms with van der Waals surface area (Å²) in [5.74, 6) is 0. The highest BCUT2D eigenvalue weighted by Crippen LogP contribution is 2.24. The number of aromatic nitrogens is 2. The van der Waals surface area contributed by atoms with Crippen molar-refractivity contribution in [3.63, 3.8) is 0 Å². The van der Waals surface area contributed by atoms with Crippen LogP contribution in [0.25, 0.3) is 10.9 Å². The van der Waals surface area contributed by atoms with Gasteiger partial charge in [0.2, 0.25) is 0 Å². The smallest absolute Gasteiger partial charge is 0.191 e. The van der Waals surface area contributed by atoms with Crippen molar-refractivity contribution in [3.05, 3.63) is 28.4 Å². The number of halogens is 1. The van der Waals surface area contributed by atoms with Crippen LogP contribution in [0.4, 0.5) is 0 Å². The van der Waals surface area contributed by atoms with Crippen LogP contribution in [0.1, 0.15) is 5.69 Å². The molecule has 0 radical (unpaired) electrons. The van der Waals surface area contributed by atoms with Crippen LogP contribution in [-0.4, -0.2) is 36.0 Å². The fourth-order valence-corrected chi connectivity index (χ4v) is 2.72. The molecular weight excluding hydrogens is 320 g/mol. The molecule has 0 amide bonds. The Morgan fingerprint density at radius 1 is 1.44 bits per heavy atom. The first-order chi connectivity index (χ1) is 8.37. The normalized spacial score (nSPS) is 11.9. The number of hydrogen-bond donors (Lipinski definition) is 0. The Morgan fingerprint density at radius 3 is 2.67 bits per heavy atom. The summed E-state index contributed by atoms with van der Waals surface area (Å²) in [6, 6.07) is 6.90. The second kappa shape index (κ2) is 4.35. The molecule has 0 saturated heterocycles. The fourth-order valence-electron chi connectivity index (χ4n) is 1.48. The summed E-state index contributed by atoms with van der Waals surface area (Å²) in [7, 11) is -0.923. The zero-order chi connectivity index (χ0) is 13.5. The highest BCUT2D eigenvalue weighted by molar-refractivity contribution is 9.10. The van der Waals surface area contributed by atoms with Crippen LogP contribution in [0.15, 0.2) is 22.7 Å². The first-order valence-corrected chi connectivity index (χ1v) is 7.08. The van der Waals surface area contributed by atoms with E-state index in [0.29, 0.717) is 10.9 Å². The van der Waals surface area contributed by atoms with Crippen molar-refractivity contribution in [3.8, 4) is 6.07 Å². The van der Waals surface area contributed by atoms with E-state index in [1.165, 1.54) is 14.1 Å². The van der Waals surface area contributed by atoms with Crippen LogP contribution in [-0.2, 0) is 10.2 Å². The average Bonchev–Trinajstić information content (AvgIpc) is 2.67. The molecule has 0 aliphatic heterocycles. The van der Waals surface area contributed by atoms with Gasteiger partial charge in [0.05, 0.1) is 5.52 Å². The lowest BCUT2D eigenvalue weighted by molar-refractivity contribution is 0.506. The zero-order valence-electron chi connectivity index (χ0n) is 9.62. The maximum absolute atomic E-state index is 12.1. The van der Waals surface area contributed by atoms with Crippen LogP contribution in [0.2, 0.25) is 0 Å². The third-order valence-electron chi connectivity index (χ3n) is 2.40. The van der Waals surface area contributed by atoms with Crippen LogP contribution in [0.3, 0.4) is 0 Å². The summed E-state index contributed by atoms with van der Waals surface area (Å²) in [5, 5.41) is 13.3. The molecule has 0 unspecified atom stereocenters. The molecule has 0 N–H and O–H groups in total. The molecule has 1 aromatic heterocycles. The van der Waals surface area contributed by atoms with Crippen LogP contribution >= 0.6 is 15.9 Å². The Balaban J connectivity index is 2.89.